The molecule has 1 aliphatic heterocycles. The first kappa shape index (κ1) is 16.2. The molecule has 5 nitrogen and oxygen atoms in total. The number of ether oxygens (including phenoxy) is 2. The van der Waals surface area contributed by atoms with Crippen LogP contribution in [0.3, 0.4) is 0 Å². The molecule has 2 rings (SSSR count). The Labute approximate surface area is 127 Å². The standard InChI is InChI=1S/C16H27N3O2/c1-12-9-18-15(14(3)16(12)20-4)10-17-13(2)11-19-5-7-21-8-6-19/h9,13,17H,5-8,10-11H2,1-4H3. The largest absolute Gasteiger partial charge is 0.496 e. The molecule has 1 unspecified atom stereocenters. The number of aryl methyl sites for hydroxylation is 1. The number of hydrogen-bond acceptors (Lipinski definition) is 5. The van der Waals surface area contributed by atoms with E-state index in [0.717, 1.165) is 62.0 Å². The zero-order valence-electron chi connectivity index (χ0n) is 13.6. The van der Waals surface area contributed by atoms with E-state index in [0.29, 0.717) is 6.04 Å². The van der Waals surface area contributed by atoms with Crippen LogP contribution in [0.1, 0.15) is 23.7 Å². The predicted molar refractivity (Wildman–Crippen MR) is 83.8 cm³/mol. The van der Waals surface area contributed by atoms with Gasteiger partial charge in [0.2, 0.25) is 0 Å². The summed E-state index contributed by atoms with van der Waals surface area (Å²) >= 11 is 0. The summed E-state index contributed by atoms with van der Waals surface area (Å²) in [5.74, 6) is 0.947. The van der Waals surface area contributed by atoms with Crippen LogP contribution in [0.5, 0.6) is 5.75 Å². The van der Waals surface area contributed by atoms with Gasteiger partial charge >= 0.3 is 0 Å². The van der Waals surface area contributed by atoms with Gasteiger partial charge in [-0.25, -0.2) is 0 Å². The second-order valence-corrected chi connectivity index (χ2v) is 5.74. The van der Waals surface area contributed by atoms with Gasteiger partial charge in [-0.05, 0) is 20.8 Å². The van der Waals surface area contributed by atoms with Crippen molar-refractivity contribution in [1.29, 1.82) is 0 Å². The number of methoxy groups -OCH3 is 1. The van der Waals surface area contributed by atoms with Gasteiger partial charge in [0.25, 0.3) is 0 Å². The third kappa shape index (κ3) is 4.40. The smallest absolute Gasteiger partial charge is 0.128 e. The molecular formula is C16H27N3O2. The Hall–Kier alpha value is -1.17. The predicted octanol–water partition coefficient (Wildman–Crippen LogP) is 1.52. The molecule has 1 fully saturated rings. The lowest BCUT2D eigenvalue weighted by Crippen LogP contribution is -2.44. The number of pyridine rings is 1. The highest BCUT2D eigenvalue weighted by Gasteiger charge is 2.14. The molecule has 0 amide bonds. The highest BCUT2D eigenvalue weighted by molar-refractivity contribution is 5.40. The third-order valence-electron chi connectivity index (χ3n) is 4.00. The average molecular weight is 293 g/mol. The van der Waals surface area contributed by atoms with Gasteiger partial charge in [-0.1, -0.05) is 0 Å². The van der Waals surface area contributed by atoms with E-state index in [1.54, 1.807) is 7.11 Å². The molecule has 0 spiro atoms. The van der Waals surface area contributed by atoms with E-state index in [-0.39, 0.29) is 0 Å². The average Bonchev–Trinajstić information content (AvgIpc) is 2.48. The highest BCUT2D eigenvalue weighted by atomic mass is 16.5. The van der Waals surface area contributed by atoms with Crippen LogP contribution in [0.25, 0.3) is 0 Å². The van der Waals surface area contributed by atoms with Gasteiger partial charge in [0.05, 0.1) is 26.0 Å². The summed E-state index contributed by atoms with van der Waals surface area (Å²) in [6.45, 7) is 11.9. The van der Waals surface area contributed by atoms with E-state index in [1.165, 1.54) is 0 Å². The van der Waals surface area contributed by atoms with Gasteiger partial charge in [0, 0.05) is 49.5 Å². The fourth-order valence-electron chi connectivity index (χ4n) is 2.76. The van der Waals surface area contributed by atoms with Crippen molar-refractivity contribution in [1.82, 2.24) is 15.2 Å². The van der Waals surface area contributed by atoms with Crippen molar-refractivity contribution in [2.75, 3.05) is 40.0 Å². The van der Waals surface area contributed by atoms with Crippen molar-refractivity contribution in [3.8, 4) is 5.75 Å². The number of rotatable bonds is 6. The molecule has 1 saturated heterocycles. The first-order valence-electron chi connectivity index (χ1n) is 7.64. The van der Waals surface area contributed by atoms with Gasteiger partial charge in [0.1, 0.15) is 5.75 Å². The highest BCUT2D eigenvalue weighted by Crippen LogP contribution is 2.23. The van der Waals surface area contributed by atoms with Gasteiger partial charge < -0.3 is 14.8 Å². The molecule has 5 heteroatoms. The number of nitrogens with zero attached hydrogens (tertiary/aromatic N) is 2. The van der Waals surface area contributed by atoms with Crippen LogP contribution < -0.4 is 10.1 Å². The Morgan fingerprint density at radius 2 is 2.10 bits per heavy atom. The molecular weight excluding hydrogens is 266 g/mol. The van der Waals surface area contributed by atoms with Gasteiger partial charge in [-0.2, -0.15) is 0 Å². The molecule has 118 valence electrons. The maximum atomic E-state index is 5.45. The van der Waals surface area contributed by atoms with Crippen molar-refractivity contribution in [2.24, 2.45) is 0 Å². The summed E-state index contributed by atoms with van der Waals surface area (Å²) in [6.07, 6.45) is 1.88. The lowest BCUT2D eigenvalue weighted by atomic mass is 10.1. The first-order chi connectivity index (χ1) is 10.1. The number of nitrogens with one attached hydrogen (secondary N) is 1. The molecule has 1 aromatic rings. The minimum Gasteiger partial charge on any atom is -0.496 e. The lowest BCUT2D eigenvalue weighted by Gasteiger charge is -2.29. The molecule has 21 heavy (non-hydrogen) atoms. The Morgan fingerprint density at radius 3 is 2.76 bits per heavy atom. The normalized spacial score (nSPS) is 17.7. The molecule has 0 aromatic carbocycles. The van der Waals surface area contributed by atoms with Crippen LogP contribution in [-0.4, -0.2) is 55.9 Å². The first-order valence-corrected chi connectivity index (χ1v) is 7.64. The van der Waals surface area contributed by atoms with Crippen LogP contribution in [0.4, 0.5) is 0 Å². The van der Waals surface area contributed by atoms with Crippen LogP contribution in [0.15, 0.2) is 6.20 Å². The van der Waals surface area contributed by atoms with Crippen molar-refractivity contribution >= 4 is 0 Å². The fraction of sp³-hybridized carbons (Fsp3) is 0.688. The summed E-state index contributed by atoms with van der Waals surface area (Å²) in [4.78, 5) is 6.97. The number of aromatic nitrogens is 1. The number of morpholine rings is 1. The van der Waals surface area contributed by atoms with E-state index in [4.69, 9.17) is 9.47 Å². The summed E-state index contributed by atoms with van der Waals surface area (Å²) in [5, 5.41) is 3.56. The Kier molecular flexibility index (Phi) is 5.96. The summed E-state index contributed by atoms with van der Waals surface area (Å²) in [7, 11) is 1.72. The van der Waals surface area contributed by atoms with Crippen LogP contribution in [0, 0.1) is 13.8 Å². The summed E-state index contributed by atoms with van der Waals surface area (Å²) in [5.41, 5.74) is 3.27. The maximum Gasteiger partial charge on any atom is 0.128 e. The van der Waals surface area contributed by atoms with Crippen molar-refractivity contribution in [2.45, 2.75) is 33.4 Å². The fourth-order valence-corrected chi connectivity index (χ4v) is 2.76. The van der Waals surface area contributed by atoms with Crippen LogP contribution >= 0.6 is 0 Å². The molecule has 1 aromatic heterocycles. The molecule has 0 aliphatic carbocycles. The van der Waals surface area contributed by atoms with Crippen LogP contribution in [0.2, 0.25) is 0 Å². The third-order valence-corrected chi connectivity index (χ3v) is 4.00. The lowest BCUT2D eigenvalue weighted by molar-refractivity contribution is 0.0343. The van der Waals surface area contributed by atoms with Gasteiger partial charge in [-0.3, -0.25) is 9.88 Å². The second kappa shape index (κ2) is 7.73. The van der Waals surface area contributed by atoms with Crippen molar-refractivity contribution < 1.29 is 9.47 Å². The molecule has 0 radical (unpaired) electrons. The molecule has 1 aliphatic rings. The summed E-state index contributed by atoms with van der Waals surface area (Å²) in [6, 6.07) is 0.427. The van der Waals surface area contributed by atoms with Crippen molar-refractivity contribution in [3.05, 3.63) is 23.0 Å². The van der Waals surface area contributed by atoms with E-state index in [9.17, 15) is 0 Å². The van der Waals surface area contributed by atoms with Crippen molar-refractivity contribution in [3.63, 3.8) is 0 Å². The maximum absolute atomic E-state index is 5.45. The topological polar surface area (TPSA) is 46.6 Å². The van der Waals surface area contributed by atoms with Gasteiger partial charge in [0.15, 0.2) is 0 Å². The molecule has 0 bridgehead atoms. The monoisotopic (exact) mass is 293 g/mol. The SMILES string of the molecule is COc1c(C)cnc(CNC(C)CN2CCOCC2)c1C. The minimum absolute atomic E-state index is 0.427. The quantitative estimate of drug-likeness (QED) is 0.861. The Morgan fingerprint density at radius 1 is 1.38 bits per heavy atom. The zero-order valence-corrected chi connectivity index (χ0v) is 13.6. The van der Waals surface area contributed by atoms with E-state index < -0.39 is 0 Å². The molecule has 1 N–H and O–H groups in total. The Bertz CT molecular complexity index is 459. The molecule has 0 saturated carbocycles. The summed E-state index contributed by atoms with van der Waals surface area (Å²) < 4.78 is 10.8. The molecule has 2 heterocycles. The van der Waals surface area contributed by atoms with E-state index in [1.807, 2.05) is 13.1 Å². The van der Waals surface area contributed by atoms with E-state index in [2.05, 4.69) is 29.0 Å². The van der Waals surface area contributed by atoms with E-state index >= 15 is 0 Å². The zero-order chi connectivity index (χ0) is 15.2. The second-order valence-electron chi connectivity index (χ2n) is 5.74. The Balaban J connectivity index is 1.87. The minimum atomic E-state index is 0.427. The number of hydrogen-bond donors (Lipinski definition) is 1. The molecule has 1 atom stereocenters. The van der Waals surface area contributed by atoms with Gasteiger partial charge in [-0.15, -0.1) is 0 Å². The van der Waals surface area contributed by atoms with Crippen LogP contribution in [-0.2, 0) is 11.3 Å².